The molecule has 0 N–H and O–H groups in total. The molecule has 134 valence electrons. The van der Waals surface area contributed by atoms with Crippen LogP contribution in [0.5, 0.6) is 0 Å². The van der Waals surface area contributed by atoms with Gasteiger partial charge >= 0.3 is 6.18 Å². The Balaban J connectivity index is 0.000000664. The summed E-state index contributed by atoms with van der Waals surface area (Å²) in [6.07, 6.45) is 3.01. The van der Waals surface area contributed by atoms with E-state index in [1.165, 1.54) is 0 Å². The lowest BCUT2D eigenvalue weighted by molar-refractivity contribution is -0.181. The van der Waals surface area contributed by atoms with Crippen molar-refractivity contribution in [2.24, 2.45) is 5.92 Å². The molecule has 0 bridgehead atoms. The first kappa shape index (κ1) is 22.1. The van der Waals surface area contributed by atoms with Gasteiger partial charge in [-0.15, -0.1) is 6.58 Å². The molecule has 2 unspecified atom stereocenters. The number of carbonyl (C=O) groups is 1. The van der Waals surface area contributed by atoms with Crippen LogP contribution in [-0.2, 0) is 9.22 Å². The lowest BCUT2D eigenvalue weighted by atomic mass is 9.97. The molecule has 0 heterocycles. The van der Waals surface area contributed by atoms with Crippen LogP contribution in [0, 0.1) is 5.92 Å². The number of rotatable bonds is 7. The van der Waals surface area contributed by atoms with Crippen molar-refractivity contribution in [3.8, 4) is 0 Å². The van der Waals surface area contributed by atoms with Gasteiger partial charge in [0.1, 0.15) is 0 Å². The van der Waals surface area contributed by atoms with Crippen LogP contribution in [0.1, 0.15) is 39.0 Å². The normalized spacial score (nSPS) is 17.4. The summed E-state index contributed by atoms with van der Waals surface area (Å²) in [4.78, 5) is 10.2. The Labute approximate surface area is 138 Å². The van der Waals surface area contributed by atoms with Crippen LogP contribution in [0.15, 0.2) is 24.8 Å². The Morgan fingerprint density at radius 3 is 2.26 bits per heavy atom. The zero-order valence-electron chi connectivity index (χ0n) is 14.6. The zero-order chi connectivity index (χ0) is 18.1. The van der Waals surface area contributed by atoms with E-state index in [0.717, 1.165) is 12.8 Å². The summed E-state index contributed by atoms with van der Waals surface area (Å²) in [6.45, 7) is 11.1. The van der Waals surface area contributed by atoms with Gasteiger partial charge in [0.15, 0.2) is 14.1 Å². The van der Waals surface area contributed by atoms with E-state index in [-0.39, 0.29) is 24.7 Å². The van der Waals surface area contributed by atoms with Gasteiger partial charge in [-0.3, -0.25) is 4.79 Å². The first-order chi connectivity index (χ1) is 10.5. The highest BCUT2D eigenvalue weighted by molar-refractivity contribution is 6.69. The number of halogens is 3. The van der Waals surface area contributed by atoms with E-state index in [2.05, 4.69) is 6.58 Å². The molecule has 2 atom stereocenters. The number of alkyl halides is 3. The first-order valence-electron chi connectivity index (χ1n) is 8.04. The minimum absolute atomic E-state index is 0.0380. The third-order valence-electron chi connectivity index (χ3n) is 3.31. The van der Waals surface area contributed by atoms with Crippen molar-refractivity contribution >= 4 is 14.1 Å². The topological polar surface area (TPSA) is 26.3 Å². The lowest BCUT2D eigenvalue weighted by Crippen LogP contribution is -2.35. The van der Waals surface area contributed by atoms with E-state index in [4.69, 9.17) is 4.43 Å². The molecule has 0 saturated heterocycles. The summed E-state index contributed by atoms with van der Waals surface area (Å²) in [7, 11) is -1.81. The predicted octanol–water partition coefficient (Wildman–Crippen LogP) is 5.67. The molecule has 0 fully saturated rings. The lowest BCUT2D eigenvalue weighted by Gasteiger charge is -2.29. The third-order valence-corrected chi connectivity index (χ3v) is 4.35. The molecule has 0 saturated carbocycles. The van der Waals surface area contributed by atoms with Gasteiger partial charge in [0.05, 0.1) is 5.92 Å². The summed E-state index contributed by atoms with van der Waals surface area (Å²) < 4.78 is 43.8. The molecule has 1 aliphatic carbocycles. The summed E-state index contributed by atoms with van der Waals surface area (Å²) >= 11 is 0. The Morgan fingerprint density at radius 1 is 1.39 bits per heavy atom. The molecule has 0 aromatic heterocycles. The van der Waals surface area contributed by atoms with Crippen LogP contribution in [0.2, 0.25) is 19.6 Å². The minimum atomic E-state index is -4.13. The van der Waals surface area contributed by atoms with E-state index in [9.17, 15) is 18.0 Å². The molecule has 23 heavy (non-hydrogen) atoms. The van der Waals surface area contributed by atoms with Gasteiger partial charge in [0, 0.05) is 12.5 Å². The van der Waals surface area contributed by atoms with Crippen molar-refractivity contribution in [3.05, 3.63) is 24.8 Å². The van der Waals surface area contributed by atoms with Crippen molar-refractivity contribution in [2.45, 2.75) is 70.9 Å². The van der Waals surface area contributed by atoms with Gasteiger partial charge in [0.25, 0.3) is 0 Å². The van der Waals surface area contributed by atoms with Gasteiger partial charge in [-0.2, -0.15) is 13.2 Å². The molecular formula is C17H29F3O2Si. The van der Waals surface area contributed by atoms with E-state index in [0.29, 0.717) is 6.42 Å². The summed E-state index contributed by atoms with van der Waals surface area (Å²) in [6, 6.07) is 0. The van der Waals surface area contributed by atoms with Crippen LogP contribution in [-0.4, -0.2) is 26.4 Å². The quantitative estimate of drug-likeness (QED) is 0.437. The summed E-state index contributed by atoms with van der Waals surface area (Å²) in [5.41, 5.74) is 0. The molecular weight excluding hydrogens is 321 g/mol. The average molecular weight is 350 g/mol. The van der Waals surface area contributed by atoms with E-state index >= 15 is 0 Å². The standard InChI is InChI=1S/C12H23F3OSi.C5H6O/c1-6-8-11(16-17(3,4)5)9-10(7-2)12(13,14)15;6-5-3-1-2-4-5/h6,10-11H,1,7-9H2,2-5H3;1,3H,2,4H2. The van der Waals surface area contributed by atoms with Crippen molar-refractivity contribution < 1.29 is 22.4 Å². The molecule has 0 amide bonds. The molecule has 6 heteroatoms. The van der Waals surface area contributed by atoms with Gasteiger partial charge in [-0.1, -0.05) is 19.1 Å². The molecule has 0 radical (unpaired) electrons. The Kier molecular flexibility index (Phi) is 9.69. The molecule has 0 aliphatic heterocycles. The second kappa shape index (κ2) is 10.1. The van der Waals surface area contributed by atoms with Crippen molar-refractivity contribution in [1.29, 1.82) is 0 Å². The van der Waals surface area contributed by atoms with Gasteiger partial charge < -0.3 is 4.43 Å². The number of hydrogen-bond donors (Lipinski definition) is 0. The smallest absolute Gasteiger partial charge is 0.391 e. The highest BCUT2D eigenvalue weighted by Crippen LogP contribution is 2.34. The van der Waals surface area contributed by atoms with Crippen LogP contribution in [0.4, 0.5) is 13.2 Å². The van der Waals surface area contributed by atoms with Gasteiger partial charge in [-0.25, -0.2) is 0 Å². The Morgan fingerprint density at radius 2 is 2.00 bits per heavy atom. The maximum Gasteiger partial charge on any atom is 0.391 e. The van der Waals surface area contributed by atoms with Crippen LogP contribution in [0.25, 0.3) is 0 Å². The largest absolute Gasteiger partial charge is 0.414 e. The molecule has 1 rings (SSSR count). The number of ketones is 1. The first-order valence-corrected chi connectivity index (χ1v) is 11.4. The van der Waals surface area contributed by atoms with E-state index in [1.54, 1.807) is 19.1 Å². The fourth-order valence-electron chi connectivity index (χ4n) is 2.25. The van der Waals surface area contributed by atoms with Crippen molar-refractivity contribution in [2.75, 3.05) is 0 Å². The van der Waals surface area contributed by atoms with Crippen LogP contribution in [0.3, 0.4) is 0 Å². The fourth-order valence-corrected chi connectivity index (χ4v) is 3.44. The monoisotopic (exact) mass is 350 g/mol. The zero-order valence-corrected chi connectivity index (χ0v) is 15.6. The highest BCUT2D eigenvalue weighted by Gasteiger charge is 2.39. The molecule has 1 aliphatic rings. The van der Waals surface area contributed by atoms with Crippen LogP contribution < -0.4 is 0 Å². The van der Waals surface area contributed by atoms with Crippen molar-refractivity contribution in [1.82, 2.24) is 0 Å². The second-order valence-electron chi connectivity index (χ2n) is 6.67. The predicted molar refractivity (Wildman–Crippen MR) is 90.9 cm³/mol. The number of hydrogen-bond acceptors (Lipinski definition) is 2. The summed E-state index contributed by atoms with van der Waals surface area (Å²) in [5, 5.41) is 0. The maximum atomic E-state index is 12.7. The Bertz CT molecular complexity index is 398. The molecule has 0 aromatic carbocycles. The Hall–Kier alpha value is -0.883. The van der Waals surface area contributed by atoms with Gasteiger partial charge in [0.2, 0.25) is 0 Å². The number of allylic oxidation sites excluding steroid dienone is 2. The highest BCUT2D eigenvalue weighted by atomic mass is 28.4. The molecule has 2 nitrogen and oxygen atoms in total. The third kappa shape index (κ3) is 11.3. The van der Waals surface area contributed by atoms with E-state index < -0.39 is 20.4 Å². The van der Waals surface area contributed by atoms with Crippen molar-refractivity contribution in [3.63, 3.8) is 0 Å². The fraction of sp³-hybridized carbons (Fsp3) is 0.706. The molecule has 0 aromatic rings. The number of carbonyl (C=O) groups excluding carboxylic acids is 1. The summed E-state index contributed by atoms with van der Waals surface area (Å²) in [5.74, 6) is -1.00. The van der Waals surface area contributed by atoms with Crippen LogP contribution >= 0.6 is 0 Å². The second-order valence-corrected chi connectivity index (χ2v) is 11.1. The minimum Gasteiger partial charge on any atom is -0.414 e. The van der Waals surface area contributed by atoms with Gasteiger partial charge in [-0.05, 0) is 51.4 Å². The maximum absolute atomic E-state index is 12.7. The van der Waals surface area contributed by atoms with E-state index in [1.807, 2.05) is 25.7 Å². The molecule has 0 spiro atoms. The SMILES string of the molecule is C=CCC(CC(CC)C(F)(F)F)O[Si](C)(C)C.O=C1C=CCC1. The average Bonchev–Trinajstić information content (AvgIpc) is 2.84.